The lowest BCUT2D eigenvalue weighted by Crippen LogP contribution is -2.26. The molecule has 2 rings (SSSR count). The van der Waals surface area contributed by atoms with Crippen LogP contribution in [0.25, 0.3) is 0 Å². The highest BCUT2D eigenvalue weighted by atomic mass is 16.2. The topological polar surface area (TPSA) is 70.6 Å². The molecule has 0 saturated carbocycles. The third-order valence-electron chi connectivity index (χ3n) is 3.45. The summed E-state index contributed by atoms with van der Waals surface area (Å²) in [7, 11) is 0. The number of amides is 2. The van der Waals surface area contributed by atoms with Crippen molar-refractivity contribution in [3.8, 4) is 0 Å². The molecule has 0 saturated heterocycles. The van der Waals surface area contributed by atoms with Crippen molar-refractivity contribution in [1.82, 2.24) is 10.7 Å². The summed E-state index contributed by atoms with van der Waals surface area (Å²) in [6.07, 6.45) is 0.241. The van der Waals surface area contributed by atoms with Gasteiger partial charge in [-0.15, -0.1) is 0 Å². The molecule has 2 N–H and O–H groups in total. The molecule has 0 fully saturated rings. The molecule has 0 radical (unpaired) electrons. The van der Waals surface area contributed by atoms with E-state index in [1.54, 1.807) is 0 Å². The van der Waals surface area contributed by atoms with Crippen molar-refractivity contribution >= 4 is 17.5 Å². The number of rotatable bonds is 7. The van der Waals surface area contributed by atoms with Gasteiger partial charge in [0.15, 0.2) is 0 Å². The van der Waals surface area contributed by atoms with E-state index in [-0.39, 0.29) is 24.7 Å². The SMILES string of the molecule is CC(=NNC(=O)CCC(=O)NCc1ccccc1)c1ccccc1. The zero-order valence-electron chi connectivity index (χ0n) is 13.7. The molecule has 0 unspecified atom stereocenters. The Hall–Kier alpha value is -2.95. The number of hydrazone groups is 1. The fourth-order valence-electron chi connectivity index (χ4n) is 2.06. The molecule has 5 nitrogen and oxygen atoms in total. The normalized spacial score (nSPS) is 11.0. The summed E-state index contributed by atoms with van der Waals surface area (Å²) in [6.45, 7) is 2.29. The molecule has 0 bridgehead atoms. The Morgan fingerprint density at radius 2 is 1.46 bits per heavy atom. The Bertz CT molecular complexity index is 697. The minimum absolute atomic E-state index is 0.103. The summed E-state index contributed by atoms with van der Waals surface area (Å²) in [5, 5.41) is 6.84. The van der Waals surface area contributed by atoms with Crippen molar-refractivity contribution < 1.29 is 9.59 Å². The first kappa shape index (κ1) is 17.4. The van der Waals surface area contributed by atoms with Crippen LogP contribution in [0.4, 0.5) is 0 Å². The molecule has 0 aliphatic rings. The number of nitrogens with zero attached hydrogens (tertiary/aromatic N) is 1. The van der Waals surface area contributed by atoms with Gasteiger partial charge in [0, 0.05) is 19.4 Å². The number of benzene rings is 2. The molecule has 2 aromatic rings. The minimum Gasteiger partial charge on any atom is -0.352 e. The van der Waals surface area contributed by atoms with E-state index in [0.717, 1.165) is 16.8 Å². The van der Waals surface area contributed by atoms with Crippen LogP contribution in [0.3, 0.4) is 0 Å². The van der Waals surface area contributed by atoms with Crippen molar-refractivity contribution in [1.29, 1.82) is 0 Å². The van der Waals surface area contributed by atoms with Gasteiger partial charge in [-0.05, 0) is 18.1 Å². The van der Waals surface area contributed by atoms with Gasteiger partial charge in [-0.3, -0.25) is 9.59 Å². The third-order valence-corrected chi connectivity index (χ3v) is 3.45. The minimum atomic E-state index is -0.278. The molecule has 0 aliphatic carbocycles. The second kappa shape index (κ2) is 9.25. The number of carbonyl (C=O) groups excluding carboxylic acids is 2. The van der Waals surface area contributed by atoms with Gasteiger partial charge in [-0.1, -0.05) is 60.7 Å². The standard InChI is InChI=1S/C19H21N3O2/c1-15(17-10-6-3-7-11-17)21-22-19(24)13-12-18(23)20-14-16-8-4-2-5-9-16/h2-11H,12-14H2,1H3,(H,20,23)(H,22,24). The summed E-state index contributed by atoms with van der Waals surface area (Å²) >= 11 is 0. The molecule has 0 atom stereocenters. The first-order valence-electron chi connectivity index (χ1n) is 7.84. The fraction of sp³-hybridized carbons (Fsp3) is 0.211. The predicted octanol–water partition coefficient (Wildman–Crippen LogP) is 2.62. The van der Waals surface area contributed by atoms with Crippen molar-refractivity contribution in [2.75, 3.05) is 0 Å². The van der Waals surface area contributed by atoms with Crippen LogP contribution in [-0.2, 0) is 16.1 Å². The lowest BCUT2D eigenvalue weighted by atomic mass is 10.1. The first-order valence-corrected chi connectivity index (χ1v) is 7.84. The summed E-state index contributed by atoms with van der Waals surface area (Å²) < 4.78 is 0. The summed E-state index contributed by atoms with van der Waals surface area (Å²) in [6, 6.07) is 19.2. The monoisotopic (exact) mass is 323 g/mol. The van der Waals surface area contributed by atoms with E-state index in [4.69, 9.17) is 0 Å². The van der Waals surface area contributed by atoms with Crippen LogP contribution in [0.2, 0.25) is 0 Å². The largest absolute Gasteiger partial charge is 0.352 e. The van der Waals surface area contributed by atoms with E-state index in [1.807, 2.05) is 67.6 Å². The number of carbonyl (C=O) groups is 2. The Balaban J connectivity index is 1.70. The molecule has 0 aromatic heterocycles. The molecular formula is C19H21N3O2. The van der Waals surface area contributed by atoms with Crippen LogP contribution >= 0.6 is 0 Å². The Morgan fingerprint density at radius 3 is 2.12 bits per heavy atom. The van der Waals surface area contributed by atoms with Crippen molar-refractivity contribution in [3.05, 3.63) is 71.8 Å². The molecule has 0 spiro atoms. The molecule has 2 amide bonds. The maximum Gasteiger partial charge on any atom is 0.240 e. The van der Waals surface area contributed by atoms with Crippen LogP contribution in [-0.4, -0.2) is 17.5 Å². The molecule has 5 heteroatoms. The zero-order valence-corrected chi connectivity index (χ0v) is 13.7. The smallest absolute Gasteiger partial charge is 0.240 e. The Labute approximate surface area is 141 Å². The van der Waals surface area contributed by atoms with Crippen molar-refractivity contribution in [2.24, 2.45) is 5.10 Å². The molecule has 0 aliphatic heterocycles. The Kier molecular flexibility index (Phi) is 6.71. The maximum atomic E-state index is 11.8. The fourth-order valence-corrected chi connectivity index (χ4v) is 2.06. The Morgan fingerprint density at radius 1 is 0.875 bits per heavy atom. The third kappa shape index (κ3) is 6.04. The molecule has 124 valence electrons. The van der Waals surface area contributed by atoms with Gasteiger partial charge >= 0.3 is 0 Å². The number of hydrogen-bond acceptors (Lipinski definition) is 3. The molecule has 0 heterocycles. The van der Waals surface area contributed by atoms with Gasteiger partial charge in [0.1, 0.15) is 0 Å². The summed E-state index contributed by atoms with van der Waals surface area (Å²) in [5.74, 6) is -0.432. The second-order valence-corrected chi connectivity index (χ2v) is 5.36. The van der Waals surface area contributed by atoms with Crippen LogP contribution in [0, 0.1) is 0 Å². The molecule has 24 heavy (non-hydrogen) atoms. The lowest BCUT2D eigenvalue weighted by Gasteiger charge is -2.05. The van der Waals surface area contributed by atoms with Crippen LogP contribution in [0.1, 0.15) is 30.9 Å². The lowest BCUT2D eigenvalue weighted by molar-refractivity contribution is -0.126. The highest BCUT2D eigenvalue weighted by Gasteiger charge is 2.06. The number of hydrogen-bond donors (Lipinski definition) is 2. The maximum absolute atomic E-state index is 11.8. The molecule has 2 aromatic carbocycles. The van der Waals surface area contributed by atoms with E-state index in [0.29, 0.717) is 6.54 Å². The highest BCUT2D eigenvalue weighted by molar-refractivity contribution is 5.99. The van der Waals surface area contributed by atoms with Crippen LogP contribution in [0.5, 0.6) is 0 Å². The summed E-state index contributed by atoms with van der Waals surface area (Å²) in [4.78, 5) is 23.5. The van der Waals surface area contributed by atoms with Gasteiger partial charge in [-0.25, -0.2) is 5.43 Å². The van der Waals surface area contributed by atoms with Gasteiger partial charge in [0.05, 0.1) is 5.71 Å². The van der Waals surface area contributed by atoms with E-state index in [1.165, 1.54) is 0 Å². The highest BCUT2D eigenvalue weighted by Crippen LogP contribution is 2.00. The van der Waals surface area contributed by atoms with Gasteiger partial charge < -0.3 is 5.32 Å². The van der Waals surface area contributed by atoms with Crippen molar-refractivity contribution in [2.45, 2.75) is 26.3 Å². The van der Waals surface area contributed by atoms with Gasteiger partial charge in [-0.2, -0.15) is 5.10 Å². The zero-order chi connectivity index (χ0) is 17.2. The quantitative estimate of drug-likeness (QED) is 0.607. The summed E-state index contributed by atoms with van der Waals surface area (Å²) in [5.41, 5.74) is 5.17. The van der Waals surface area contributed by atoms with E-state index < -0.39 is 0 Å². The van der Waals surface area contributed by atoms with Crippen molar-refractivity contribution in [3.63, 3.8) is 0 Å². The van der Waals surface area contributed by atoms with E-state index in [2.05, 4.69) is 15.8 Å². The van der Waals surface area contributed by atoms with E-state index >= 15 is 0 Å². The average Bonchev–Trinajstić information content (AvgIpc) is 2.64. The number of nitrogens with one attached hydrogen (secondary N) is 2. The van der Waals surface area contributed by atoms with E-state index in [9.17, 15) is 9.59 Å². The van der Waals surface area contributed by atoms with Crippen LogP contribution < -0.4 is 10.7 Å². The molecular weight excluding hydrogens is 302 g/mol. The van der Waals surface area contributed by atoms with Gasteiger partial charge in [0.2, 0.25) is 11.8 Å². The van der Waals surface area contributed by atoms with Crippen LogP contribution in [0.15, 0.2) is 65.8 Å². The predicted molar refractivity (Wildman–Crippen MR) is 94.3 cm³/mol. The van der Waals surface area contributed by atoms with Gasteiger partial charge in [0.25, 0.3) is 0 Å². The second-order valence-electron chi connectivity index (χ2n) is 5.36. The average molecular weight is 323 g/mol. The first-order chi connectivity index (χ1) is 11.6.